The van der Waals surface area contributed by atoms with Crippen LogP contribution < -0.4 is 5.32 Å². The van der Waals surface area contributed by atoms with Crippen molar-refractivity contribution in [3.8, 4) is 0 Å². The molecule has 32 heavy (non-hydrogen) atoms. The van der Waals surface area contributed by atoms with Crippen LogP contribution in [0.1, 0.15) is 34.1 Å². The number of amides is 1. The first-order valence-electron chi connectivity index (χ1n) is 9.64. The van der Waals surface area contributed by atoms with Crippen molar-refractivity contribution < 1.29 is 33.0 Å². The first kappa shape index (κ1) is 24.9. The lowest BCUT2D eigenvalue weighted by Gasteiger charge is -2.12. The number of rotatable bonds is 5. The van der Waals surface area contributed by atoms with Crippen LogP contribution in [0.2, 0.25) is 0 Å². The number of hydrogen-bond acceptors (Lipinski definition) is 4. The molecule has 0 bridgehead atoms. The monoisotopic (exact) mass is 451 g/mol. The van der Waals surface area contributed by atoms with Crippen molar-refractivity contribution in [3.05, 3.63) is 64.6 Å². The Balaban J connectivity index is 0.000000451. The number of nitrogens with one attached hydrogen (secondary N) is 2. The molecular formula is C22H24F3N3O4. The Morgan fingerprint density at radius 3 is 2.34 bits per heavy atom. The lowest BCUT2D eigenvalue weighted by atomic mass is 10.0. The lowest BCUT2D eigenvalue weighted by molar-refractivity contribution is -0.192. The van der Waals surface area contributed by atoms with Crippen LogP contribution in [0, 0.1) is 20.8 Å². The largest absolute Gasteiger partial charge is 0.490 e. The molecule has 2 aromatic heterocycles. The van der Waals surface area contributed by atoms with Crippen LogP contribution >= 0.6 is 0 Å². The van der Waals surface area contributed by atoms with Gasteiger partial charge in [-0.25, -0.2) is 4.79 Å². The minimum Gasteiger partial charge on any atom is -0.475 e. The summed E-state index contributed by atoms with van der Waals surface area (Å²) in [7, 11) is 0. The van der Waals surface area contributed by atoms with Gasteiger partial charge >= 0.3 is 12.1 Å². The van der Waals surface area contributed by atoms with E-state index < -0.39 is 18.2 Å². The van der Waals surface area contributed by atoms with E-state index in [-0.39, 0.29) is 18.9 Å². The minimum absolute atomic E-state index is 0.104. The molecule has 1 aromatic carbocycles. The molecule has 3 rings (SSSR count). The van der Waals surface area contributed by atoms with Crippen LogP contribution in [0.4, 0.5) is 13.2 Å². The van der Waals surface area contributed by atoms with Gasteiger partial charge in [0.15, 0.2) is 0 Å². The number of hydrogen-bond donors (Lipinski definition) is 4. The number of fused-ring (bicyclic) bond motifs is 1. The van der Waals surface area contributed by atoms with Gasteiger partial charge in [-0.1, -0.05) is 18.2 Å². The van der Waals surface area contributed by atoms with Crippen molar-refractivity contribution in [1.82, 2.24) is 15.3 Å². The Morgan fingerprint density at radius 2 is 1.78 bits per heavy atom. The second-order valence-corrected chi connectivity index (χ2v) is 7.26. The fraction of sp³-hybridized carbons (Fsp3) is 0.318. The molecule has 1 atom stereocenters. The van der Waals surface area contributed by atoms with Gasteiger partial charge in [0.2, 0.25) is 5.91 Å². The maximum Gasteiger partial charge on any atom is 0.490 e. The van der Waals surface area contributed by atoms with E-state index in [9.17, 15) is 23.1 Å². The van der Waals surface area contributed by atoms with Gasteiger partial charge in [-0.15, -0.1) is 0 Å². The van der Waals surface area contributed by atoms with Crippen LogP contribution in [0.15, 0.2) is 36.7 Å². The molecule has 0 fully saturated rings. The van der Waals surface area contributed by atoms with E-state index in [0.29, 0.717) is 5.56 Å². The molecule has 3 aromatic rings. The molecule has 0 aliphatic rings. The van der Waals surface area contributed by atoms with E-state index in [1.54, 1.807) is 24.5 Å². The van der Waals surface area contributed by atoms with Gasteiger partial charge < -0.3 is 20.5 Å². The highest BCUT2D eigenvalue weighted by Crippen LogP contribution is 2.28. The zero-order chi connectivity index (χ0) is 24.1. The summed E-state index contributed by atoms with van der Waals surface area (Å²) >= 11 is 0. The number of aliphatic hydroxyl groups is 1. The summed E-state index contributed by atoms with van der Waals surface area (Å²) in [6, 6.07) is 7.72. The molecule has 7 nitrogen and oxygen atoms in total. The molecular weight excluding hydrogens is 427 g/mol. The molecule has 0 spiro atoms. The first-order chi connectivity index (χ1) is 14.9. The molecule has 0 aliphatic carbocycles. The Labute approximate surface area is 182 Å². The average Bonchev–Trinajstić information content (AvgIpc) is 3.06. The predicted octanol–water partition coefficient (Wildman–Crippen LogP) is 3.51. The number of aliphatic carboxylic acids is 1. The maximum absolute atomic E-state index is 12.4. The highest BCUT2D eigenvalue weighted by atomic mass is 19.4. The van der Waals surface area contributed by atoms with Crippen molar-refractivity contribution >= 4 is 22.8 Å². The van der Waals surface area contributed by atoms with Crippen molar-refractivity contribution in [2.45, 2.75) is 39.5 Å². The number of nitrogens with zero attached hydrogens (tertiary/aromatic N) is 1. The highest BCUT2D eigenvalue weighted by molar-refractivity contribution is 5.93. The van der Waals surface area contributed by atoms with E-state index >= 15 is 0 Å². The van der Waals surface area contributed by atoms with Gasteiger partial charge in [-0.05, 0) is 43.5 Å². The Morgan fingerprint density at radius 1 is 1.16 bits per heavy atom. The molecule has 0 saturated carbocycles. The molecule has 172 valence electrons. The van der Waals surface area contributed by atoms with Crippen molar-refractivity contribution in [2.24, 2.45) is 0 Å². The number of carboxylic acids is 1. The summed E-state index contributed by atoms with van der Waals surface area (Å²) in [6.45, 7) is 6.28. The number of carboxylic acid groups (broad SMARTS) is 1. The molecule has 2 heterocycles. The van der Waals surface area contributed by atoms with Crippen LogP contribution in [-0.4, -0.2) is 44.8 Å². The van der Waals surface area contributed by atoms with Gasteiger partial charge in [0.1, 0.15) is 0 Å². The number of H-pyrrole nitrogens is 1. The fourth-order valence-corrected chi connectivity index (χ4v) is 3.16. The molecule has 0 saturated heterocycles. The average molecular weight is 451 g/mol. The van der Waals surface area contributed by atoms with Crippen molar-refractivity contribution in [3.63, 3.8) is 0 Å². The molecule has 1 unspecified atom stereocenters. The molecule has 0 aliphatic heterocycles. The molecule has 10 heteroatoms. The second-order valence-electron chi connectivity index (χ2n) is 7.26. The number of benzene rings is 1. The van der Waals surface area contributed by atoms with Gasteiger partial charge in [0, 0.05) is 41.1 Å². The first-order valence-corrected chi connectivity index (χ1v) is 9.64. The number of aliphatic hydroxyl groups excluding tert-OH is 1. The molecule has 4 N–H and O–H groups in total. The number of carbonyl (C=O) groups is 2. The topological polar surface area (TPSA) is 115 Å². The number of aryl methyl sites for hydroxylation is 3. The number of alkyl halides is 3. The molecule has 1 amide bonds. The van der Waals surface area contributed by atoms with Gasteiger partial charge in [0.05, 0.1) is 12.5 Å². The van der Waals surface area contributed by atoms with Crippen LogP contribution in [-0.2, 0) is 16.0 Å². The predicted molar refractivity (Wildman–Crippen MR) is 112 cm³/mol. The van der Waals surface area contributed by atoms with E-state index in [4.69, 9.17) is 9.90 Å². The summed E-state index contributed by atoms with van der Waals surface area (Å²) in [6.07, 6.45) is -2.30. The number of carbonyl (C=O) groups excluding carboxylic acids is 1. The summed E-state index contributed by atoms with van der Waals surface area (Å²) in [4.78, 5) is 28.7. The lowest BCUT2D eigenvalue weighted by Crippen LogP contribution is -2.29. The zero-order valence-corrected chi connectivity index (χ0v) is 17.7. The van der Waals surface area contributed by atoms with Crippen molar-refractivity contribution in [2.75, 3.05) is 6.54 Å². The van der Waals surface area contributed by atoms with Gasteiger partial charge in [0.25, 0.3) is 0 Å². The Hall–Kier alpha value is -3.40. The number of aromatic amines is 1. The van der Waals surface area contributed by atoms with E-state index in [1.165, 1.54) is 5.56 Å². The van der Waals surface area contributed by atoms with Crippen LogP contribution in [0.5, 0.6) is 0 Å². The smallest absolute Gasteiger partial charge is 0.475 e. The maximum atomic E-state index is 12.4. The summed E-state index contributed by atoms with van der Waals surface area (Å²) in [5, 5.41) is 21.2. The third-order valence-electron chi connectivity index (χ3n) is 4.83. The SMILES string of the molecule is Cc1[nH]c2c(C)ccc(C)c2c1CC(=O)NCC(O)c1cccnc1.O=C(O)C(F)(F)F. The van der Waals surface area contributed by atoms with E-state index in [0.717, 1.165) is 27.7 Å². The number of aromatic nitrogens is 2. The summed E-state index contributed by atoms with van der Waals surface area (Å²) in [5.41, 5.74) is 6.14. The van der Waals surface area contributed by atoms with Crippen LogP contribution in [0.3, 0.4) is 0 Å². The zero-order valence-electron chi connectivity index (χ0n) is 17.7. The third kappa shape index (κ3) is 6.30. The van der Waals surface area contributed by atoms with Crippen LogP contribution in [0.25, 0.3) is 10.9 Å². The van der Waals surface area contributed by atoms with E-state index in [2.05, 4.69) is 41.3 Å². The van der Waals surface area contributed by atoms with Gasteiger partial charge in [-0.2, -0.15) is 13.2 Å². The van der Waals surface area contributed by atoms with Crippen molar-refractivity contribution in [1.29, 1.82) is 0 Å². The third-order valence-corrected chi connectivity index (χ3v) is 4.83. The Kier molecular flexibility index (Phi) is 7.98. The summed E-state index contributed by atoms with van der Waals surface area (Å²) < 4.78 is 31.7. The van der Waals surface area contributed by atoms with Gasteiger partial charge in [-0.3, -0.25) is 9.78 Å². The Bertz CT molecular complexity index is 1100. The highest BCUT2D eigenvalue weighted by Gasteiger charge is 2.38. The normalized spacial score (nSPS) is 12.1. The summed E-state index contributed by atoms with van der Waals surface area (Å²) in [5.74, 6) is -2.86. The second kappa shape index (κ2) is 10.3. The number of pyridine rings is 1. The number of halogens is 3. The molecule has 0 radical (unpaired) electrons. The van der Waals surface area contributed by atoms with E-state index in [1.807, 2.05) is 6.92 Å². The minimum atomic E-state index is -5.08. The fourth-order valence-electron chi connectivity index (χ4n) is 3.16. The standard InChI is InChI=1S/C20H23N3O2.C2HF3O2/c1-12-6-7-13(2)20-19(12)16(14(3)23-20)9-18(25)22-11-17(24)15-5-4-8-21-10-15;3-2(4,5)1(6)7/h4-8,10,17,23-24H,9,11H2,1-3H3,(H,22,25);(H,6,7). The quantitative estimate of drug-likeness (QED) is 0.474.